The summed E-state index contributed by atoms with van der Waals surface area (Å²) in [4.78, 5) is 115. The van der Waals surface area contributed by atoms with Crippen molar-refractivity contribution in [2.75, 3.05) is 13.1 Å². The minimum atomic E-state index is -1.81. The number of benzene rings is 1. The number of carboxylic acids is 3. The van der Waals surface area contributed by atoms with Crippen molar-refractivity contribution in [1.29, 1.82) is 0 Å². The van der Waals surface area contributed by atoms with Gasteiger partial charge in [0.1, 0.15) is 30.2 Å². The van der Waals surface area contributed by atoms with Gasteiger partial charge < -0.3 is 52.5 Å². The fourth-order valence-corrected chi connectivity index (χ4v) is 5.94. The van der Waals surface area contributed by atoms with Crippen molar-refractivity contribution in [2.24, 2.45) is 11.5 Å². The number of nitrogens with zero attached hydrogens (tertiary/aromatic N) is 2. The lowest BCUT2D eigenvalue weighted by Gasteiger charge is -2.30. The van der Waals surface area contributed by atoms with Crippen LogP contribution in [0.5, 0.6) is 0 Å². The molecule has 0 saturated carbocycles. The van der Waals surface area contributed by atoms with Crippen LogP contribution in [0.4, 0.5) is 0 Å². The molecular formula is C31H41N7O12. The smallest absolute Gasteiger partial charge is 0.326 e. The number of hydrogen-bond acceptors (Lipinski definition) is 10. The molecule has 6 amide bonds. The summed E-state index contributed by atoms with van der Waals surface area (Å²) in [5, 5.41) is 35.1. The molecule has 0 unspecified atom stereocenters. The number of nitrogens with two attached hydrogens (primary N) is 2. The normalized spacial score (nSPS) is 19.4. The van der Waals surface area contributed by atoms with Gasteiger partial charge in [-0.15, -0.1) is 0 Å². The molecule has 19 heteroatoms. The van der Waals surface area contributed by atoms with Gasteiger partial charge in [-0.05, 0) is 31.2 Å². The zero-order valence-corrected chi connectivity index (χ0v) is 27.0. The van der Waals surface area contributed by atoms with Crippen molar-refractivity contribution in [2.45, 2.75) is 87.6 Å². The molecule has 2 saturated heterocycles. The van der Waals surface area contributed by atoms with Gasteiger partial charge in [-0.25, -0.2) is 4.79 Å². The summed E-state index contributed by atoms with van der Waals surface area (Å²) in [5.74, 6) is -9.85. The van der Waals surface area contributed by atoms with E-state index in [9.17, 15) is 53.4 Å². The molecule has 0 spiro atoms. The average Bonchev–Trinajstić information content (AvgIpc) is 3.73. The van der Waals surface area contributed by atoms with Crippen molar-refractivity contribution >= 4 is 53.4 Å². The van der Waals surface area contributed by atoms with Crippen molar-refractivity contribution in [3.8, 4) is 0 Å². The summed E-state index contributed by atoms with van der Waals surface area (Å²) >= 11 is 0. The molecule has 1 aromatic carbocycles. The van der Waals surface area contributed by atoms with Gasteiger partial charge in [0.2, 0.25) is 35.4 Å². The number of nitrogens with one attached hydrogen (secondary N) is 3. The quantitative estimate of drug-likeness (QED) is 0.0798. The van der Waals surface area contributed by atoms with Crippen molar-refractivity contribution < 1.29 is 58.5 Å². The largest absolute Gasteiger partial charge is 0.481 e. The van der Waals surface area contributed by atoms with E-state index < -0.39 is 109 Å². The first-order valence-electron chi connectivity index (χ1n) is 15.8. The van der Waals surface area contributed by atoms with Gasteiger partial charge in [0, 0.05) is 19.5 Å². The van der Waals surface area contributed by atoms with Gasteiger partial charge in [0.15, 0.2) is 0 Å². The van der Waals surface area contributed by atoms with E-state index >= 15 is 0 Å². The molecule has 3 rings (SSSR count). The number of primary amides is 1. The van der Waals surface area contributed by atoms with Crippen LogP contribution in [0.15, 0.2) is 30.3 Å². The molecular weight excluding hydrogens is 662 g/mol. The second-order valence-corrected chi connectivity index (χ2v) is 12.1. The standard InChI is InChI=1S/C31H41N7O12/c32-17(13-24(40)41)29(47)37-10-4-8-21(37)27(45)34-18(15-25(42)43)26(44)35-19(14-23(33)39)30(48)38-11-5-9-22(38)28(46)36-20(31(49)50)12-16-6-2-1-3-7-16/h1-3,6-7,17-22H,4-5,8-15,32H2,(H2,33,39)(H,34,45)(H,35,44)(H,36,46)(H,40,41)(H,42,43)(H,49,50)/t17-,18-,19-,20-,21-,22-/m0/s1. The van der Waals surface area contributed by atoms with Gasteiger partial charge in [-0.2, -0.15) is 0 Å². The first kappa shape index (κ1) is 38.9. The molecule has 1 aromatic rings. The number of rotatable bonds is 17. The van der Waals surface area contributed by atoms with E-state index in [1.165, 1.54) is 0 Å². The van der Waals surface area contributed by atoms with E-state index in [-0.39, 0.29) is 32.4 Å². The second-order valence-electron chi connectivity index (χ2n) is 12.1. The predicted molar refractivity (Wildman–Crippen MR) is 169 cm³/mol. The lowest BCUT2D eigenvalue weighted by atomic mass is 10.0. The molecule has 2 fully saturated rings. The maximum atomic E-state index is 13.7. The number of hydrogen-bond donors (Lipinski definition) is 8. The van der Waals surface area contributed by atoms with Crippen molar-refractivity contribution in [3.05, 3.63) is 35.9 Å². The fourth-order valence-electron chi connectivity index (χ4n) is 5.94. The molecule has 272 valence electrons. The van der Waals surface area contributed by atoms with Crippen LogP contribution >= 0.6 is 0 Å². The fraction of sp³-hybridized carbons (Fsp3) is 0.516. The zero-order valence-electron chi connectivity index (χ0n) is 27.0. The molecule has 2 aliphatic rings. The monoisotopic (exact) mass is 703 g/mol. The number of aliphatic carboxylic acids is 3. The highest BCUT2D eigenvalue weighted by atomic mass is 16.4. The Bertz CT molecular complexity index is 1490. The molecule has 0 radical (unpaired) electrons. The molecule has 19 nitrogen and oxygen atoms in total. The number of amides is 6. The maximum Gasteiger partial charge on any atom is 0.326 e. The van der Waals surface area contributed by atoms with Crippen LogP contribution in [0.25, 0.3) is 0 Å². The molecule has 2 aliphatic heterocycles. The van der Waals surface area contributed by atoms with Crippen LogP contribution in [0.1, 0.15) is 50.5 Å². The Hall–Kier alpha value is -5.59. The molecule has 50 heavy (non-hydrogen) atoms. The lowest BCUT2D eigenvalue weighted by Crippen LogP contribution is -2.59. The summed E-state index contributed by atoms with van der Waals surface area (Å²) < 4.78 is 0. The highest BCUT2D eigenvalue weighted by Crippen LogP contribution is 2.21. The van der Waals surface area contributed by atoms with E-state index in [0.29, 0.717) is 18.4 Å². The third kappa shape index (κ3) is 10.7. The summed E-state index contributed by atoms with van der Waals surface area (Å²) in [5.41, 5.74) is 11.7. The number of carbonyl (C=O) groups is 9. The third-order valence-corrected chi connectivity index (χ3v) is 8.32. The predicted octanol–water partition coefficient (Wildman–Crippen LogP) is -3.10. The summed E-state index contributed by atoms with van der Waals surface area (Å²) in [6, 6.07) is -0.115. The summed E-state index contributed by atoms with van der Waals surface area (Å²) in [6.45, 7) is 0.0581. The molecule has 2 heterocycles. The molecule has 6 atom stereocenters. The first-order chi connectivity index (χ1) is 23.6. The Morgan fingerprint density at radius 3 is 1.72 bits per heavy atom. The molecule has 10 N–H and O–H groups in total. The Balaban J connectivity index is 1.74. The molecule has 0 aromatic heterocycles. The number of likely N-dealkylation sites (tertiary alicyclic amines) is 2. The maximum absolute atomic E-state index is 13.7. The minimum Gasteiger partial charge on any atom is -0.481 e. The van der Waals surface area contributed by atoms with E-state index in [2.05, 4.69) is 16.0 Å². The van der Waals surface area contributed by atoms with Gasteiger partial charge in [-0.1, -0.05) is 30.3 Å². The van der Waals surface area contributed by atoms with Crippen LogP contribution in [0.2, 0.25) is 0 Å². The summed E-state index contributed by atoms with van der Waals surface area (Å²) in [7, 11) is 0. The van der Waals surface area contributed by atoms with E-state index in [0.717, 1.165) is 9.80 Å². The Morgan fingerprint density at radius 1 is 0.700 bits per heavy atom. The summed E-state index contributed by atoms with van der Waals surface area (Å²) in [6.07, 6.45) is -1.58. The minimum absolute atomic E-state index is 0.00330. The highest BCUT2D eigenvalue weighted by molar-refractivity contribution is 5.99. The van der Waals surface area contributed by atoms with E-state index in [1.807, 2.05) is 0 Å². The Labute approximate surface area is 285 Å². The van der Waals surface area contributed by atoms with Crippen LogP contribution in [0, 0.1) is 0 Å². The van der Waals surface area contributed by atoms with Gasteiger partial charge in [0.05, 0.1) is 25.3 Å². The lowest BCUT2D eigenvalue weighted by molar-refractivity contribution is -0.146. The number of carbonyl (C=O) groups excluding carboxylic acids is 6. The van der Waals surface area contributed by atoms with E-state index in [1.54, 1.807) is 30.3 Å². The SMILES string of the molecule is NC(=O)C[C@H](NC(=O)[C@H](CC(=O)O)NC(=O)[C@@H]1CCCN1C(=O)[C@@H](N)CC(=O)O)C(=O)N1CCC[C@H]1C(=O)N[C@@H](Cc1ccccc1)C(=O)O. The Morgan fingerprint density at radius 2 is 1.22 bits per heavy atom. The topological polar surface area (TPSA) is 309 Å². The first-order valence-corrected chi connectivity index (χ1v) is 15.8. The molecule has 0 aliphatic carbocycles. The third-order valence-electron chi connectivity index (χ3n) is 8.32. The zero-order chi connectivity index (χ0) is 37.1. The highest BCUT2D eigenvalue weighted by Gasteiger charge is 2.41. The van der Waals surface area contributed by atoms with Gasteiger partial charge >= 0.3 is 17.9 Å². The van der Waals surface area contributed by atoms with Crippen molar-refractivity contribution in [3.63, 3.8) is 0 Å². The molecule has 0 bridgehead atoms. The van der Waals surface area contributed by atoms with Crippen LogP contribution in [-0.2, 0) is 49.6 Å². The van der Waals surface area contributed by atoms with Gasteiger partial charge in [0.25, 0.3) is 0 Å². The van der Waals surface area contributed by atoms with E-state index in [4.69, 9.17) is 16.6 Å². The van der Waals surface area contributed by atoms with Crippen LogP contribution in [0.3, 0.4) is 0 Å². The van der Waals surface area contributed by atoms with Crippen LogP contribution in [-0.4, -0.2) is 128 Å². The number of carboxylic acid groups (broad SMARTS) is 3. The average molecular weight is 704 g/mol. The van der Waals surface area contributed by atoms with Gasteiger partial charge in [-0.3, -0.25) is 38.4 Å². The Kier molecular flexibility index (Phi) is 13.8. The second kappa shape index (κ2) is 17.7. The van der Waals surface area contributed by atoms with Crippen LogP contribution < -0.4 is 27.4 Å². The van der Waals surface area contributed by atoms with Crippen molar-refractivity contribution in [1.82, 2.24) is 25.8 Å².